The van der Waals surface area contributed by atoms with Crippen LogP contribution in [0.5, 0.6) is 0 Å². The zero-order valence-corrected chi connectivity index (χ0v) is 12.7. The molecule has 0 bridgehead atoms. The highest BCUT2D eigenvalue weighted by Gasteiger charge is 2.21. The van der Waals surface area contributed by atoms with Gasteiger partial charge in [0.1, 0.15) is 0 Å². The number of hydrogen-bond acceptors (Lipinski definition) is 3. The van der Waals surface area contributed by atoms with Crippen molar-refractivity contribution in [2.45, 2.75) is 38.3 Å². The molecule has 2 aromatic rings. The first-order valence-electron chi connectivity index (χ1n) is 7.57. The maximum atomic E-state index is 12.3. The number of hydrogen-bond donors (Lipinski definition) is 1. The van der Waals surface area contributed by atoms with Crippen molar-refractivity contribution >= 4 is 0 Å². The number of pyridine rings is 1. The van der Waals surface area contributed by atoms with Crippen LogP contribution in [0.2, 0.25) is 0 Å². The van der Waals surface area contributed by atoms with Crippen molar-refractivity contribution < 1.29 is 0 Å². The molecule has 5 nitrogen and oxygen atoms in total. The minimum atomic E-state index is 0.104. The van der Waals surface area contributed by atoms with E-state index in [0.29, 0.717) is 6.04 Å². The molecule has 2 heterocycles. The van der Waals surface area contributed by atoms with Gasteiger partial charge in [0, 0.05) is 49.7 Å². The van der Waals surface area contributed by atoms with Crippen LogP contribution in [-0.4, -0.2) is 21.4 Å². The van der Waals surface area contributed by atoms with Crippen molar-refractivity contribution in [2.24, 2.45) is 7.05 Å². The third-order valence-electron chi connectivity index (χ3n) is 4.47. The number of aromatic nitrogens is 3. The molecule has 1 atom stereocenters. The lowest BCUT2D eigenvalue weighted by atomic mass is 9.91. The fraction of sp³-hybridized carbons (Fsp3) is 0.500. The first-order valence-corrected chi connectivity index (χ1v) is 7.57. The summed E-state index contributed by atoms with van der Waals surface area (Å²) in [6.45, 7) is 0.720. The van der Waals surface area contributed by atoms with E-state index in [-0.39, 0.29) is 5.56 Å². The lowest BCUT2D eigenvalue weighted by Crippen LogP contribution is -2.31. The van der Waals surface area contributed by atoms with E-state index in [9.17, 15) is 4.79 Å². The van der Waals surface area contributed by atoms with E-state index in [1.807, 2.05) is 35.5 Å². The summed E-state index contributed by atoms with van der Waals surface area (Å²) >= 11 is 0. The lowest BCUT2D eigenvalue weighted by Gasteiger charge is -2.27. The largest absolute Gasteiger partial charge is 0.313 e. The molecule has 5 heteroatoms. The smallest absolute Gasteiger partial charge is 0.250 e. The fourth-order valence-corrected chi connectivity index (χ4v) is 3.28. The van der Waals surface area contributed by atoms with Crippen LogP contribution in [0.1, 0.15) is 35.8 Å². The second-order valence-electron chi connectivity index (χ2n) is 5.65. The van der Waals surface area contributed by atoms with E-state index in [4.69, 9.17) is 0 Å². The lowest BCUT2D eigenvalue weighted by molar-refractivity contribution is 0.466. The Morgan fingerprint density at radius 2 is 2.24 bits per heavy atom. The fourth-order valence-electron chi connectivity index (χ4n) is 3.28. The number of aryl methyl sites for hydroxylation is 2. The predicted molar refractivity (Wildman–Crippen MR) is 82.4 cm³/mol. The number of nitrogens with zero attached hydrogens (tertiary/aromatic N) is 3. The molecule has 0 aliphatic heterocycles. The summed E-state index contributed by atoms with van der Waals surface area (Å²) in [7, 11) is 3.93. The van der Waals surface area contributed by atoms with Gasteiger partial charge in [-0.2, -0.15) is 5.10 Å². The highest BCUT2D eigenvalue weighted by atomic mass is 16.1. The van der Waals surface area contributed by atoms with Crippen LogP contribution >= 0.6 is 0 Å². The first kappa shape index (κ1) is 14.1. The average Bonchev–Trinajstić information content (AvgIpc) is 2.91. The van der Waals surface area contributed by atoms with Gasteiger partial charge < -0.3 is 9.88 Å². The molecule has 3 rings (SSSR count). The summed E-state index contributed by atoms with van der Waals surface area (Å²) in [6, 6.07) is 6.09. The van der Waals surface area contributed by atoms with E-state index in [1.54, 1.807) is 12.3 Å². The number of nitrogens with one attached hydrogen (secondary N) is 1. The van der Waals surface area contributed by atoms with Crippen molar-refractivity contribution in [1.29, 1.82) is 0 Å². The zero-order chi connectivity index (χ0) is 14.8. The van der Waals surface area contributed by atoms with Gasteiger partial charge in [-0.05, 0) is 37.9 Å². The van der Waals surface area contributed by atoms with Gasteiger partial charge in [-0.15, -0.1) is 0 Å². The molecular weight excluding hydrogens is 264 g/mol. The molecule has 0 aromatic carbocycles. The van der Waals surface area contributed by atoms with E-state index in [0.717, 1.165) is 37.9 Å². The topological polar surface area (TPSA) is 51.9 Å². The molecule has 112 valence electrons. The van der Waals surface area contributed by atoms with Crippen molar-refractivity contribution in [3.63, 3.8) is 0 Å². The van der Waals surface area contributed by atoms with Crippen LogP contribution in [0.4, 0.5) is 0 Å². The van der Waals surface area contributed by atoms with Gasteiger partial charge in [-0.25, -0.2) is 0 Å². The van der Waals surface area contributed by atoms with Crippen LogP contribution in [0.25, 0.3) is 0 Å². The molecule has 0 saturated carbocycles. The summed E-state index contributed by atoms with van der Waals surface area (Å²) in [4.78, 5) is 12.3. The van der Waals surface area contributed by atoms with Crippen LogP contribution in [0.15, 0.2) is 29.2 Å². The standard InChI is InChI=1S/C16H22N4O/c1-17-14-4-3-5-15-13(14)6-7-16(21)20(15)11-9-12-8-10-18-19(12)2/h6-8,10,14,17H,3-5,9,11H2,1-2H3. The Labute approximate surface area is 124 Å². The van der Waals surface area contributed by atoms with Crippen LogP contribution < -0.4 is 10.9 Å². The van der Waals surface area contributed by atoms with Gasteiger partial charge in [-0.1, -0.05) is 6.07 Å². The van der Waals surface area contributed by atoms with Gasteiger partial charge in [0.05, 0.1) is 0 Å². The Morgan fingerprint density at radius 3 is 2.95 bits per heavy atom. The highest BCUT2D eigenvalue weighted by molar-refractivity contribution is 5.27. The Bertz CT molecular complexity index is 686. The quantitative estimate of drug-likeness (QED) is 0.925. The predicted octanol–water partition coefficient (Wildman–Crippen LogP) is 1.42. The molecule has 1 unspecified atom stereocenters. The van der Waals surface area contributed by atoms with Gasteiger partial charge in [0.25, 0.3) is 5.56 Å². The van der Waals surface area contributed by atoms with E-state index in [1.165, 1.54) is 11.3 Å². The summed E-state index contributed by atoms with van der Waals surface area (Å²) in [5, 5.41) is 7.54. The molecule has 0 saturated heterocycles. The molecule has 0 spiro atoms. The molecule has 0 fully saturated rings. The summed E-state index contributed by atoms with van der Waals surface area (Å²) < 4.78 is 3.82. The van der Waals surface area contributed by atoms with Crippen molar-refractivity contribution in [3.8, 4) is 0 Å². The molecule has 1 aliphatic rings. The molecule has 1 N–H and O–H groups in total. The van der Waals surface area contributed by atoms with Gasteiger partial charge in [-0.3, -0.25) is 9.48 Å². The summed E-state index contributed by atoms with van der Waals surface area (Å²) in [5.74, 6) is 0. The SMILES string of the molecule is CNC1CCCc2c1ccc(=O)n2CCc1ccnn1C. The van der Waals surface area contributed by atoms with Crippen LogP contribution in [-0.2, 0) is 26.4 Å². The van der Waals surface area contributed by atoms with E-state index < -0.39 is 0 Å². The third-order valence-corrected chi connectivity index (χ3v) is 4.47. The maximum absolute atomic E-state index is 12.3. The monoisotopic (exact) mass is 286 g/mol. The number of rotatable bonds is 4. The van der Waals surface area contributed by atoms with Gasteiger partial charge in [0.15, 0.2) is 0 Å². The summed E-state index contributed by atoms with van der Waals surface area (Å²) in [6.07, 6.45) is 5.90. The maximum Gasteiger partial charge on any atom is 0.250 e. The zero-order valence-electron chi connectivity index (χ0n) is 12.7. The molecule has 1 aliphatic carbocycles. The van der Waals surface area contributed by atoms with E-state index in [2.05, 4.69) is 10.4 Å². The normalized spacial score (nSPS) is 17.7. The Morgan fingerprint density at radius 1 is 1.38 bits per heavy atom. The molecular formula is C16H22N4O. The highest BCUT2D eigenvalue weighted by Crippen LogP contribution is 2.28. The van der Waals surface area contributed by atoms with Crippen molar-refractivity contribution in [3.05, 3.63) is 51.7 Å². The Balaban J connectivity index is 1.91. The molecule has 0 amide bonds. The minimum absolute atomic E-state index is 0.104. The second-order valence-corrected chi connectivity index (χ2v) is 5.65. The Hall–Kier alpha value is -1.88. The van der Waals surface area contributed by atoms with Crippen LogP contribution in [0.3, 0.4) is 0 Å². The van der Waals surface area contributed by atoms with Crippen LogP contribution in [0, 0.1) is 0 Å². The first-order chi connectivity index (χ1) is 10.2. The van der Waals surface area contributed by atoms with Crippen molar-refractivity contribution in [1.82, 2.24) is 19.7 Å². The second kappa shape index (κ2) is 5.85. The average molecular weight is 286 g/mol. The van der Waals surface area contributed by atoms with E-state index >= 15 is 0 Å². The third kappa shape index (κ3) is 2.65. The minimum Gasteiger partial charge on any atom is -0.313 e. The molecule has 21 heavy (non-hydrogen) atoms. The molecule has 2 aromatic heterocycles. The van der Waals surface area contributed by atoms with Gasteiger partial charge >= 0.3 is 0 Å². The number of fused-ring (bicyclic) bond motifs is 1. The summed E-state index contributed by atoms with van der Waals surface area (Å²) in [5.41, 5.74) is 3.75. The Kier molecular flexibility index (Phi) is 3.92. The molecule has 0 radical (unpaired) electrons. The van der Waals surface area contributed by atoms with Gasteiger partial charge in [0.2, 0.25) is 0 Å². The van der Waals surface area contributed by atoms with Crippen molar-refractivity contribution in [2.75, 3.05) is 7.05 Å².